The van der Waals surface area contributed by atoms with Gasteiger partial charge in [-0.15, -0.1) is 0 Å². The van der Waals surface area contributed by atoms with Crippen LogP contribution in [0, 0.1) is 0 Å². The lowest BCUT2D eigenvalue weighted by Gasteiger charge is -2.08. The molecule has 1 heterocycles. The molecule has 1 aromatic heterocycles. The molecule has 2 rings (SSSR count). The molecule has 0 unspecified atom stereocenters. The van der Waals surface area contributed by atoms with Crippen molar-refractivity contribution in [3.8, 4) is 0 Å². The van der Waals surface area contributed by atoms with Crippen LogP contribution in [-0.2, 0) is 4.74 Å². The molecule has 130 valence electrons. The van der Waals surface area contributed by atoms with Crippen LogP contribution in [-0.4, -0.2) is 34.5 Å². The Morgan fingerprint density at radius 2 is 1.88 bits per heavy atom. The van der Waals surface area contributed by atoms with Crippen molar-refractivity contribution in [2.75, 3.05) is 11.9 Å². The third kappa shape index (κ3) is 4.87. The zero-order chi connectivity index (χ0) is 18.2. The summed E-state index contributed by atoms with van der Waals surface area (Å²) in [5, 5.41) is 11.7. The number of carbonyl (C=O) groups is 3. The van der Waals surface area contributed by atoms with Gasteiger partial charge in [0.1, 0.15) is 5.69 Å². The number of unbranched alkanes of at least 4 members (excludes halogenated alkanes) is 1. The molecular weight excluding hydrogens is 324 g/mol. The first-order valence-electron chi connectivity index (χ1n) is 7.79. The van der Waals surface area contributed by atoms with Crippen molar-refractivity contribution < 1.29 is 24.2 Å². The molecule has 7 heteroatoms. The number of hydrogen-bond donors (Lipinski definition) is 2. The summed E-state index contributed by atoms with van der Waals surface area (Å²) in [6, 6.07) is 8.88. The van der Waals surface area contributed by atoms with E-state index in [9.17, 15) is 14.4 Å². The lowest BCUT2D eigenvalue weighted by Crippen LogP contribution is -2.18. The summed E-state index contributed by atoms with van der Waals surface area (Å²) in [6.45, 7) is 2.37. The number of carboxylic acid groups (broad SMARTS) is 1. The molecule has 0 fully saturated rings. The smallest absolute Gasteiger partial charge is 0.338 e. The molecule has 0 saturated heterocycles. The number of carboxylic acids is 1. The molecule has 0 atom stereocenters. The highest BCUT2D eigenvalue weighted by molar-refractivity contribution is 6.09. The number of nitrogens with one attached hydrogen (secondary N) is 1. The van der Waals surface area contributed by atoms with Crippen molar-refractivity contribution in [1.29, 1.82) is 0 Å². The highest BCUT2D eigenvalue weighted by atomic mass is 16.5. The molecule has 0 aliphatic heterocycles. The van der Waals surface area contributed by atoms with Gasteiger partial charge in [-0.05, 0) is 42.8 Å². The molecule has 2 aromatic rings. The van der Waals surface area contributed by atoms with Crippen LogP contribution < -0.4 is 5.32 Å². The van der Waals surface area contributed by atoms with Crippen LogP contribution >= 0.6 is 0 Å². The van der Waals surface area contributed by atoms with Gasteiger partial charge in [-0.1, -0.05) is 13.3 Å². The van der Waals surface area contributed by atoms with Crippen molar-refractivity contribution in [3.05, 3.63) is 59.4 Å². The molecule has 0 saturated carbocycles. The Kier molecular flexibility index (Phi) is 6.22. The van der Waals surface area contributed by atoms with Gasteiger partial charge >= 0.3 is 11.9 Å². The number of nitrogens with zero attached hydrogens (tertiary/aromatic N) is 1. The van der Waals surface area contributed by atoms with Crippen LogP contribution in [0.15, 0.2) is 42.6 Å². The van der Waals surface area contributed by atoms with Gasteiger partial charge in [-0.25, -0.2) is 9.59 Å². The Labute approximate surface area is 144 Å². The van der Waals surface area contributed by atoms with E-state index in [2.05, 4.69) is 10.3 Å². The molecule has 0 bridgehead atoms. The second kappa shape index (κ2) is 8.58. The van der Waals surface area contributed by atoms with Crippen LogP contribution in [0.3, 0.4) is 0 Å². The van der Waals surface area contributed by atoms with E-state index < -0.39 is 17.8 Å². The third-order valence-corrected chi connectivity index (χ3v) is 3.36. The standard InChI is InChI=1S/C18H18N2O5/c1-2-3-11-25-18(24)12-6-8-13(9-7-12)20-16(21)15-14(17(22)23)5-4-10-19-15/h4-10H,2-3,11H2,1H3,(H,20,21)(H,22,23). The Morgan fingerprint density at radius 3 is 2.52 bits per heavy atom. The van der Waals surface area contributed by atoms with Crippen molar-refractivity contribution in [2.45, 2.75) is 19.8 Å². The fraction of sp³-hybridized carbons (Fsp3) is 0.222. The van der Waals surface area contributed by atoms with Crippen molar-refractivity contribution in [3.63, 3.8) is 0 Å². The zero-order valence-corrected chi connectivity index (χ0v) is 13.7. The number of anilines is 1. The molecule has 2 N–H and O–H groups in total. The van der Waals surface area contributed by atoms with Crippen LogP contribution in [0.25, 0.3) is 0 Å². The van der Waals surface area contributed by atoms with E-state index in [0.29, 0.717) is 17.9 Å². The monoisotopic (exact) mass is 342 g/mol. The van der Waals surface area contributed by atoms with Crippen LogP contribution in [0.1, 0.15) is 51.0 Å². The van der Waals surface area contributed by atoms with E-state index in [0.717, 1.165) is 12.8 Å². The number of esters is 1. The van der Waals surface area contributed by atoms with Gasteiger partial charge in [-0.2, -0.15) is 0 Å². The predicted octanol–water partition coefficient (Wildman–Crippen LogP) is 2.99. The summed E-state index contributed by atoms with van der Waals surface area (Å²) in [6.07, 6.45) is 3.08. The van der Waals surface area contributed by atoms with Gasteiger partial charge < -0.3 is 15.2 Å². The van der Waals surface area contributed by atoms with Crippen molar-refractivity contribution in [1.82, 2.24) is 4.98 Å². The fourth-order valence-corrected chi connectivity index (χ4v) is 2.03. The largest absolute Gasteiger partial charge is 0.478 e. The van der Waals surface area contributed by atoms with E-state index in [-0.39, 0.29) is 11.3 Å². The number of amides is 1. The predicted molar refractivity (Wildman–Crippen MR) is 90.8 cm³/mol. The summed E-state index contributed by atoms with van der Waals surface area (Å²) >= 11 is 0. The first-order valence-corrected chi connectivity index (χ1v) is 7.79. The summed E-state index contributed by atoms with van der Waals surface area (Å²) in [5.41, 5.74) is 0.421. The van der Waals surface area contributed by atoms with Gasteiger partial charge in [-0.3, -0.25) is 9.78 Å². The van der Waals surface area contributed by atoms with Crippen LogP contribution in [0.2, 0.25) is 0 Å². The summed E-state index contributed by atoms with van der Waals surface area (Å²) in [5.74, 6) is -2.30. The Balaban J connectivity index is 2.05. The quantitative estimate of drug-likeness (QED) is 0.592. The van der Waals surface area contributed by atoms with Crippen molar-refractivity contribution >= 4 is 23.5 Å². The molecule has 25 heavy (non-hydrogen) atoms. The maximum Gasteiger partial charge on any atom is 0.338 e. The zero-order valence-electron chi connectivity index (χ0n) is 13.7. The Bertz CT molecular complexity index is 771. The van der Waals surface area contributed by atoms with E-state index >= 15 is 0 Å². The van der Waals surface area contributed by atoms with Crippen LogP contribution in [0.4, 0.5) is 5.69 Å². The minimum absolute atomic E-state index is 0.182. The SMILES string of the molecule is CCCCOC(=O)c1ccc(NC(=O)c2ncccc2C(=O)O)cc1. The minimum Gasteiger partial charge on any atom is -0.478 e. The number of aromatic nitrogens is 1. The molecule has 0 aliphatic rings. The maximum absolute atomic E-state index is 12.2. The molecule has 1 aromatic carbocycles. The van der Waals surface area contributed by atoms with Gasteiger partial charge in [0, 0.05) is 11.9 Å². The number of hydrogen-bond acceptors (Lipinski definition) is 5. The Morgan fingerprint density at radius 1 is 1.16 bits per heavy atom. The normalized spacial score (nSPS) is 10.1. The molecular formula is C18H18N2O5. The number of benzene rings is 1. The average molecular weight is 342 g/mol. The highest BCUT2D eigenvalue weighted by Crippen LogP contribution is 2.13. The first-order chi connectivity index (χ1) is 12.0. The summed E-state index contributed by atoms with van der Waals surface area (Å²) in [7, 11) is 0. The summed E-state index contributed by atoms with van der Waals surface area (Å²) < 4.78 is 5.10. The van der Waals surface area contributed by atoms with Gasteiger partial charge in [0.05, 0.1) is 17.7 Å². The molecule has 0 spiro atoms. The Hall–Kier alpha value is -3.22. The fourth-order valence-electron chi connectivity index (χ4n) is 2.03. The number of pyridine rings is 1. The lowest BCUT2D eigenvalue weighted by molar-refractivity contribution is 0.0499. The number of carbonyl (C=O) groups excluding carboxylic acids is 2. The minimum atomic E-state index is -1.23. The number of aromatic carboxylic acids is 1. The second-order valence-corrected chi connectivity index (χ2v) is 5.23. The molecule has 0 aliphatic carbocycles. The van der Waals surface area contributed by atoms with Crippen molar-refractivity contribution in [2.24, 2.45) is 0 Å². The van der Waals surface area contributed by atoms with E-state index in [1.165, 1.54) is 42.6 Å². The first kappa shape index (κ1) is 18.1. The maximum atomic E-state index is 12.2. The average Bonchev–Trinajstić information content (AvgIpc) is 2.62. The topological polar surface area (TPSA) is 106 Å². The number of ether oxygens (including phenoxy) is 1. The number of rotatable bonds is 7. The lowest BCUT2D eigenvalue weighted by atomic mass is 10.1. The van der Waals surface area contributed by atoms with Crippen LogP contribution in [0.5, 0.6) is 0 Å². The van der Waals surface area contributed by atoms with E-state index in [1.807, 2.05) is 6.92 Å². The third-order valence-electron chi connectivity index (χ3n) is 3.36. The second-order valence-electron chi connectivity index (χ2n) is 5.23. The summed E-state index contributed by atoms with van der Waals surface area (Å²) in [4.78, 5) is 39.0. The van der Waals surface area contributed by atoms with Gasteiger partial charge in [0.2, 0.25) is 0 Å². The molecule has 1 amide bonds. The highest BCUT2D eigenvalue weighted by Gasteiger charge is 2.17. The van der Waals surface area contributed by atoms with Gasteiger partial charge in [0.15, 0.2) is 0 Å². The van der Waals surface area contributed by atoms with E-state index in [1.54, 1.807) is 0 Å². The molecule has 0 radical (unpaired) electrons. The van der Waals surface area contributed by atoms with E-state index in [4.69, 9.17) is 9.84 Å². The van der Waals surface area contributed by atoms with Gasteiger partial charge in [0.25, 0.3) is 5.91 Å². The molecule has 7 nitrogen and oxygen atoms in total.